The lowest BCUT2D eigenvalue weighted by molar-refractivity contribution is -0.134. The third-order valence-electron chi connectivity index (χ3n) is 5.01. The van der Waals surface area contributed by atoms with Crippen molar-refractivity contribution in [3.05, 3.63) is 35.3 Å². The normalized spacial score (nSPS) is 20.3. The smallest absolute Gasteiger partial charge is 0.260 e. The quantitative estimate of drug-likeness (QED) is 0.788. The van der Waals surface area contributed by atoms with Gasteiger partial charge in [0.2, 0.25) is 0 Å². The van der Waals surface area contributed by atoms with Crippen molar-refractivity contribution < 1.29 is 9.53 Å². The fraction of sp³-hybridized carbons (Fsp3) is 0.500. The molecular weight excluding hydrogens is 332 g/mol. The van der Waals surface area contributed by atoms with Gasteiger partial charge in [0.05, 0.1) is 0 Å². The highest BCUT2D eigenvalue weighted by Gasteiger charge is 2.24. The van der Waals surface area contributed by atoms with Crippen LogP contribution < -0.4 is 4.74 Å². The molecule has 1 aromatic heterocycles. The first-order chi connectivity index (χ1) is 12.0. The van der Waals surface area contributed by atoms with E-state index in [0.29, 0.717) is 6.04 Å². The van der Waals surface area contributed by atoms with E-state index in [-0.39, 0.29) is 12.5 Å². The highest BCUT2D eigenvalue weighted by Crippen LogP contribution is 2.27. The predicted molar refractivity (Wildman–Crippen MR) is 102 cm³/mol. The zero-order chi connectivity index (χ0) is 17.8. The van der Waals surface area contributed by atoms with Crippen molar-refractivity contribution in [3.8, 4) is 16.3 Å². The number of carbonyl (C=O) groups excluding carboxylic acids is 1. The summed E-state index contributed by atoms with van der Waals surface area (Å²) >= 11 is 1.63. The van der Waals surface area contributed by atoms with Gasteiger partial charge in [-0.2, -0.15) is 0 Å². The van der Waals surface area contributed by atoms with E-state index in [9.17, 15) is 4.79 Å². The molecule has 2 aromatic rings. The second-order valence-corrected chi connectivity index (χ2v) is 7.88. The van der Waals surface area contributed by atoms with Crippen molar-refractivity contribution in [2.45, 2.75) is 45.6 Å². The molecular formula is C20H26N2O2S. The first-order valence-electron chi connectivity index (χ1n) is 8.94. The van der Waals surface area contributed by atoms with Gasteiger partial charge >= 0.3 is 0 Å². The number of nitrogens with zero attached hydrogens (tertiary/aromatic N) is 2. The van der Waals surface area contributed by atoms with Gasteiger partial charge in [0, 0.05) is 29.7 Å². The molecule has 1 aromatic carbocycles. The van der Waals surface area contributed by atoms with Crippen molar-refractivity contribution in [2.24, 2.45) is 5.92 Å². The molecule has 5 heteroatoms. The van der Waals surface area contributed by atoms with Crippen LogP contribution in [0.4, 0.5) is 0 Å². The highest BCUT2D eigenvalue weighted by atomic mass is 32.1. The molecule has 4 nitrogen and oxygen atoms in total. The van der Waals surface area contributed by atoms with Crippen LogP contribution in [0.1, 0.15) is 38.3 Å². The van der Waals surface area contributed by atoms with Crippen molar-refractivity contribution in [1.82, 2.24) is 9.88 Å². The Balaban J connectivity index is 1.51. The van der Waals surface area contributed by atoms with Gasteiger partial charge in [-0.15, -0.1) is 11.3 Å². The summed E-state index contributed by atoms with van der Waals surface area (Å²) in [5, 5.41) is 3.05. The average Bonchev–Trinajstić information content (AvgIpc) is 3.06. The van der Waals surface area contributed by atoms with Gasteiger partial charge in [0.1, 0.15) is 10.8 Å². The number of hydrogen-bond donors (Lipinski definition) is 0. The average molecular weight is 359 g/mol. The number of benzene rings is 1. The molecule has 1 heterocycles. The number of carbonyl (C=O) groups is 1. The molecule has 1 aliphatic rings. The number of amides is 1. The van der Waals surface area contributed by atoms with Crippen molar-refractivity contribution >= 4 is 17.2 Å². The number of likely N-dealkylation sites (N-methyl/N-ethyl adjacent to an activating group) is 1. The van der Waals surface area contributed by atoms with E-state index in [1.54, 1.807) is 11.3 Å². The Morgan fingerprint density at radius 1 is 1.24 bits per heavy atom. The van der Waals surface area contributed by atoms with Gasteiger partial charge in [-0.3, -0.25) is 4.79 Å². The van der Waals surface area contributed by atoms with E-state index in [4.69, 9.17) is 4.74 Å². The molecule has 134 valence electrons. The monoisotopic (exact) mass is 358 g/mol. The molecule has 25 heavy (non-hydrogen) atoms. The molecule has 1 saturated carbocycles. The van der Waals surface area contributed by atoms with Crippen LogP contribution in [0.2, 0.25) is 0 Å². The molecule has 0 aliphatic heterocycles. The molecule has 3 rings (SSSR count). The summed E-state index contributed by atoms with van der Waals surface area (Å²) in [6.45, 7) is 4.38. The number of ether oxygens (including phenoxy) is 1. The third kappa shape index (κ3) is 4.60. The number of hydrogen-bond acceptors (Lipinski definition) is 4. The lowest BCUT2D eigenvalue weighted by Gasteiger charge is -2.33. The summed E-state index contributed by atoms with van der Waals surface area (Å²) in [7, 11) is 1.90. The number of rotatable bonds is 5. The lowest BCUT2D eigenvalue weighted by atomic mass is 9.87. The molecule has 1 fully saturated rings. The van der Waals surface area contributed by atoms with E-state index in [1.165, 1.54) is 12.8 Å². The van der Waals surface area contributed by atoms with Gasteiger partial charge in [-0.1, -0.05) is 6.92 Å². The van der Waals surface area contributed by atoms with Crippen LogP contribution in [0.5, 0.6) is 5.75 Å². The molecule has 1 amide bonds. The Kier molecular flexibility index (Phi) is 5.74. The SMILES string of the molecule is Cc1csc(-c2ccc(OCC(=O)N(C)C3CCC(C)CC3)cc2)n1. The summed E-state index contributed by atoms with van der Waals surface area (Å²) in [5.74, 6) is 1.56. The van der Waals surface area contributed by atoms with Crippen molar-refractivity contribution in [1.29, 1.82) is 0 Å². The number of aromatic nitrogens is 1. The van der Waals surface area contributed by atoms with E-state index >= 15 is 0 Å². The molecule has 0 unspecified atom stereocenters. The zero-order valence-electron chi connectivity index (χ0n) is 15.2. The van der Waals surface area contributed by atoms with Crippen LogP contribution in [0, 0.1) is 12.8 Å². The largest absolute Gasteiger partial charge is 0.484 e. The summed E-state index contributed by atoms with van der Waals surface area (Å²) in [5.41, 5.74) is 2.11. The van der Waals surface area contributed by atoms with E-state index in [2.05, 4.69) is 11.9 Å². The topological polar surface area (TPSA) is 42.4 Å². The Hall–Kier alpha value is -1.88. The van der Waals surface area contributed by atoms with E-state index in [0.717, 1.165) is 40.8 Å². The van der Waals surface area contributed by atoms with Crippen LogP contribution in [-0.4, -0.2) is 35.5 Å². The molecule has 0 N–H and O–H groups in total. The van der Waals surface area contributed by atoms with Gasteiger partial charge < -0.3 is 9.64 Å². The maximum absolute atomic E-state index is 12.4. The third-order valence-corrected chi connectivity index (χ3v) is 6.02. The molecule has 0 bridgehead atoms. The Labute approximate surface area is 153 Å². The van der Waals surface area contributed by atoms with Gasteiger partial charge in [0.15, 0.2) is 6.61 Å². The summed E-state index contributed by atoms with van der Waals surface area (Å²) in [6.07, 6.45) is 4.62. The molecule has 1 aliphatic carbocycles. The van der Waals surface area contributed by atoms with E-state index < -0.39 is 0 Å². The van der Waals surface area contributed by atoms with Gasteiger partial charge in [-0.25, -0.2) is 4.98 Å². The van der Waals surface area contributed by atoms with Gasteiger partial charge in [-0.05, 0) is 62.8 Å². The summed E-state index contributed by atoms with van der Waals surface area (Å²) in [4.78, 5) is 18.7. The Morgan fingerprint density at radius 2 is 1.92 bits per heavy atom. The van der Waals surface area contributed by atoms with Crippen LogP contribution in [0.25, 0.3) is 10.6 Å². The van der Waals surface area contributed by atoms with Crippen LogP contribution in [0.3, 0.4) is 0 Å². The van der Waals surface area contributed by atoms with E-state index in [1.807, 2.05) is 48.5 Å². The van der Waals surface area contributed by atoms with Crippen LogP contribution in [0.15, 0.2) is 29.6 Å². The number of thiazole rings is 1. The first kappa shape index (κ1) is 17.9. The minimum Gasteiger partial charge on any atom is -0.484 e. The minimum atomic E-state index is 0.0548. The molecule has 0 radical (unpaired) electrons. The zero-order valence-corrected chi connectivity index (χ0v) is 16.0. The second kappa shape index (κ2) is 8.00. The maximum Gasteiger partial charge on any atom is 0.260 e. The standard InChI is InChI=1S/C20H26N2O2S/c1-14-4-8-17(9-5-14)22(3)19(23)12-24-18-10-6-16(7-11-18)20-21-15(2)13-25-20/h6-7,10-11,13-14,17H,4-5,8-9,12H2,1-3H3. The number of aryl methyl sites for hydroxylation is 1. The Morgan fingerprint density at radius 3 is 2.52 bits per heavy atom. The first-order valence-corrected chi connectivity index (χ1v) is 9.82. The summed E-state index contributed by atoms with van der Waals surface area (Å²) in [6, 6.07) is 8.15. The second-order valence-electron chi connectivity index (χ2n) is 7.03. The molecule has 0 saturated heterocycles. The molecule has 0 atom stereocenters. The van der Waals surface area contributed by atoms with Crippen molar-refractivity contribution in [3.63, 3.8) is 0 Å². The minimum absolute atomic E-state index is 0.0548. The lowest BCUT2D eigenvalue weighted by Crippen LogP contribution is -2.41. The fourth-order valence-electron chi connectivity index (χ4n) is 3.26. The van der Waals surface area contributed by atoms with Crippen LogP contribution >= 0.6 is 11.3 Å². The van der Waals surface area contributed by atoms with Crippen molar-refractivity contribution in [2.75, 3.05) is 13.7 Å². The predicted octanol–water partition coefficient (Wildman–Crippen LogP) is 4.53. The fourth-order valence-corrected chi connectivity index (χ4v) is 4.06. The maximum atomic E-state index is 12.4. The Bertz CT molecular complexity index is 703. The summed E-state index contributed by atoms with van der Waals surface area (Å²) < 4.78 is 5.69. The van der Waals surface area contributed by atoms with Crippen LogP contribution in [-0.2, 0) is 4.79 Å². The molecule has 0 spiro atoms. The van der Waals surface area contributed by atoms with Gasteiger partial charge in [0.25, 0.3) is 5.91 Å². The highest BCUT2D eigenvalue weighted by molar-refractivity contribution is 7.13.